The number of pyridine rings is 3. The molecule has 45 heavy (non-hydrogen) atoms. The average Bonchev–Trinajstić information content (AvgIpc) is 3.28. The summed E-state index contributed by atoms with van der Waals surface area (Å²) in [7, 11) is 0. The van der Waals surface area contributed by atoms with Crippen LogP contribution in [0.2, 0.25) is 0 Å². The zero-order chi connectivity index (χ0) is 30.7. The topological polar surface area (TPSA) is 38.7 Å². The van der Waals surface area contributed by atoms with Crippen molar-refractivity contribution >= 4 is 0 Å². The van der Waals surface area contributed by atoms with E-state index in [4.69, 9.17) is 0 Å². The first-order valence-electron chi connectivity index (χ1n) is 15.1. The van der Waals surface area contributed by atoms with Crippen molar-refractivity contribution in [1.29, 1.82) is 0 Å². The normalized spacial score (nSPS) is 12.6. The third-order valence-corrected chi connectivity index (χ3v) is 8.11. The van der Waals surface area contributed by atoms with E-state index in [2.05, 4.69) is 128 Å². The number of nitrogens with zero attached hydrogens (tertiary/aromatic N) is 3. The molecule has 3 aromatic carbocycles. The van der Waals surface area contributed by atoms with Gasteiger partial charge in [0.2, 0.25) is 0 Å². The second-order valence-electron chi connectivity index (χ2n) is 13.1. The minimum Gasteiger partial charge on any atom is -0.360 e. The van der Waals surface area contributed by atoms with Crippen molar-refractivity contribution < 1.29 is 20.1 Å². The molecule has 227 valence electrons. The number of fused-ring (bicyclic) bond motifs is 3. The number of hydrogen-bond donors (Lipinski definition) is 0. The molecule has 0 amide bonds. The maximum Gasteiger partial charge on any atom is 0.0242 e. The van der Waals surface area contributed by atoms with Crippen LogP contribution in [0.1, 0.15) is 51.3 Å². The first-order valence-corrected chi connectivity index (χ1v) is 15.1. The van der Waals surface area contributed by atoms with Crippen LogP contribution >= 0.6 is 0 Å². The molecule has 1 aliphatic rings. The molecule has 0 atom stereocenters. The molecule has 3 aromatic heterocycles. The average molecular weight is 764 g/mol. The van der Waals surface area contributed by atoms with Gasteiger partial charge in [0, 0.05) is 43.5 Å². The van der Waals surface area contributed by atoms with Gasteiger partial charge in [-0.15, -0.1) is 53.6 Å². The van der Waals surface area contributed by atoms with Crippen molar-refractivity contribution in [2.24, 2.45) is 5.41 Å². The van der Waals surface area contributed by atoms with Crippen molar-refractivity contribution in [3.63, 3.8) is 0 Å². The van der Waals surface area contributed by atoms with E-state index in [0.717, 1.165) is 28.9 Å². The van der Waals surface area contributed by atoms with Gasteiger partial charge >= 0.3 is 0 Å². The molecule has 1 radical (unpaired) electrons. The van der Waals surface area contributed by atoms with Crippen LogP contribution < -0.4 is 0 Å². The SMILES string of the molecule is CC(C)(C)Cc1ccc(-c2ccnc(-c3[c-]cccc3)c2)cc1.CC1(C)c2ccccc2-c2cnc(-c3[c-]ccnc3)cc21.[Ir]. The smallest absolute Gasteiger partial charge is 0.0242 e. The third-order valence-electron chi connectivity index (χ3n) is 8.11. The molecule has 0 saturated heterocycles. The summed E-state index contributed by atoms with van der Waals surface area (Å²) in [5.41, 5.74) is 13.2. The number of rotatable bonds is 4. The molecular weight excluding hydrogens is 727 g/mol. The molecule has 3 heterocycles. The van der Waals surface area contributed by atoms with E-state index in [1.165, 1.54) is 38.9 Å². The van der Waals surface area contributed by atoms with Crippen LogP contribution in [0.4, 0.5) is 0 Å². The molecule has 0 bridgehead atoms. The summed E-state index contributed by atoms with van der Waals surface area (Å²) in [5.74, 6) is 0. The van der Waals surface area contributed by atoms with Gasteiger partial charge in [0.25, 0.3) is 0 Å². The van der Waals surface area contributed by atoms with Gasteiger partial charge < -0.3 is 15.0 Å². The molecule has 7 rings (SSSR count). The van der Waals surface area contributed by atoms with Gasteiger partial charge in [0.1, 0.15) is 0 Å². The van der Waals surface area contributed by atoms with Gasteiger partial charge in [-0.2, -0.15) is 0 Å². The summed E-state index contributed by atoms with van der Waals surface area (Å²) >= 11 is 0. The summed E-state index contributed by atoms with van der Waals surface area (Å²) in [5, 5.41) is 0. The Labute approximate surface area is 281 Å². The predicted molar refractivity (Wildman–Crippen MR) is 181 cm³/mol. The molecule has 0 aliphatic heterocycles. The minimum absolute atomic E-state index is 0. The Morgan fingerprint density at radius 1 is 0.644 bits per heavy atom. The molecule has 0 unspecified atom stereocenters. The first-order chi connectivity index (χ1) is 21.2. The van der Waals surface area contributed by atoms with Crippen LogP contribution in [0.5, 0.6) is 0 Å². The van der Waals surface area contributed by atoms with E-state index in [1.807, 2.05) is 48.9 Å². The van der Waals surface area contributed by atoms with Gasteiger partial charge in [-0.05, 0) is 62.7 Å². The van der Waals surface area contributed by atoms with E-state index >= 15 is 0 Å². The Bertz CT molecular complexity index is 1870. The molecule has 3 nitrogen and oxygen atoms in total. The van der Waals surface area contributed by atoms with Crippen LogP contribution in [0, 0.1) is 17.5 Å². The molecule has 0 spiro atoms. The van der Waals surface area contributed by atoms with Gasteiger partial charge in [0.15, 0.2) is 0 Å². The molecule has 0 saturated carbocycles. The predicted octanol–water partition coefficient (Wildman–Crippen LogP) is 10.1. The van der Waals surface area contributed by atoms with Crippen LogP contribution in [0.15, 0.2) is 122 Å². The Balaban J connectivity index is 0.000000174. The van der Waals surface area contributed by atoms with Crippen molar-refractivity contribution in [3.8, 4) is 44.8 Å². The third kappa shape index (κ3) is 7.20. The Hall–Kier alpha value is -4.24. The fourth-order valence-corrected chi connectivity index (χ4v) is 5.94. The van der Waals surface area contributed by atoms with Gasteiger partial charge in [0.05, 0.1) is 0 Å². The van der Waals surface area contributed by atoms with Crippen molar-refractivity contribution in [3.05, 3.63) is 151 Å². The second-order valence-corrected chi connectivity index (χ2v) is 13.1. The molecule has 0 N–H and O–H groups in total. The van der Waals surface area contributed by atoms with E-state index in [9.17, 15) is 0 Å². The summed E-state index contributed by atoms with van der Waals surface area (Å²) in [4.78, 5) is 13.2. The Morgan fingerprint density at radius 3 is 2.09 bits per heavy atom. The summed E-state index contributed by atoms with van der Waals surface area (Å²) in [6, 6.07) is 40.0. The maximum absolute atomic E-state index is 4.61. The van der Waals surface area contributed by atoms with Gasteiger partial charge in [-0.25, -0.2) is 0 Å². The van der Waals surface area contributed by atoms with Crippen molar-refractivity contribution in [2.45, 2.75) is 46.5 Å². The Kier molecular flexibility index (Phi) is 9.58. The second kappa shape index (κ2) is 13.4. The molecule has 0 fully saturated rings. The fraction of sp³-hybridized carbons (Fsp3) is 0.195. The van der Waals surface area contributed by atoms with E-state index in [0.29, 0.717) is 5.41 Å². The zero-order valence-corrected chi connectivity index (χ0v) is 28.8. The number of aromatic nitrogens is 3. The Morgan fingerprint density at radius 2 is 1.38 bits per heavy atom. The summed E-state index contributed by atoms with van der Waals surface area (Å²) in [6.45, 7) is 11.4. The standard InChI is InChI=1S/C22H22N.C19H15N2.Ir/c1-22(2,3)16-17-9-11-18(12-10-17)20-13-14-23-21(15-20)19-7-5-4-6-8-19;1-19(2)16-8-4-3-7-14(16)15-12-21-18(10-17(15)19)13-6-5-9-20-11-13;/h4-7,9-15H,16H2,1-3H3;3-5,7-12H,1-2H3;/q2*-1;. The first kappa shape index (κ1) is 32.2. The molecule has 4 heteroatoms. The van der Waals surface area contributed by atoms with E-state index in [1.54, 1.807) is 6.20 Å². The van der Waals surface area contributed by atoms with E-state index < -0.39 is 0 Å². The number of benzene rings is 3. The van der Waals surface area contributed by atoms with Crippen LogP contribution in [0.25, 0.3) is 44.8 Å². The van der Waals surface area contributed by atoms with Crippen LogP contribution in [-0.2, 0) is 31.9 Å². The van der Waals surface area contributed by atoms with Gasteiger partial charge in [-0.3, -0.25) is 0 Å². The summed E-state index contributed by atoms with van der Waals surface area (Å²) < 4.78 is 0. The maximum atomic E-state index is 4.61. The van der Waals surface area contributed by atoms with Crippen molar-refractivity contribution in [2.75, 3.05) is 0 Å². The minimum atomic E-state index is 0. The largest absolute Gasteiger partial charge is 0.360 e. The fourth-order valence-electron chi connectivity index (χ4n) is 5.94. The molecule has 6 aromatic rings. The van der Waals surface area contributed by atoms with Gasteiger partial charge in [-0.1, -0.05) is 108 Å². The summed E-state index contributed by atoms with van der Waals surface area (Å²) in [6.07, 6.45) is 8.49. The van der Waals surface area contributed by atoms with Crippen LogP contribution in [-0.4, -0.2) is 15.0 Å². The molecular formula is C41H37IrN3-2. The molecule has 1 aliphatic carbocycles. The van der Waals surface area contributed by atoms with Crippen LogP contribution in [0.3, 0.4) is 0 Å². The monoisotopic (exact) mass is 764 g/mol. The van der Waals surface area contributed by atoms with E-state index in [-0.39, 0.29) is 25.5 Å². The van der Waals surface area contributed by atoms with Crippen molar-refractivity contribution in [1.82, 2.24) is 15.0 Å². The number of hydrogen-bond acceptors (Lipinski definition) is 3. The quantitative estimate of drug-likeness (QED) is 0.168. The zero-order valence-electron chi connectivity index (χ0n) is 26.4.